The highest BCUT2D eigenvalue weighted by atomic mass is 16.5. The van der Waals surface area contributed by atoms with E-state index in [1.165, 1.54) is 6.42 Å². The molecule has 0 aliphatic heterocycles. The summed E-state index contributed by atoms with van der Waals surface area (Å²) in [5.74, 6) is 0.877. The Labute approximate surface area is 114 Å². The fourth-order valence-electron chi connectivity index (χ4n) is 2.58. The van der Waals surface area contributed by atoms with Gasteiger partial charge in [-0.15, -0.1) is 0 Å². The van der Waals surface area contributed by atoms with Gasteiger partial charge in [-0.25, -0.2) is 0 Å². The molecule has 0 N–H and O–H groups in total. The van der Waals surface area contributed by atoms with Gasteiger partial charge in [-0.1, -0.05) is 37.8 Å². The zero-order valence-corrected chi connectivity index (χ0v) is 11.9. The van der Waals surface area contributed by atoms with Gasteiger partial charge in [0.15, 0.2) is 5.82 Å². The van der Waals surface area contributed by atoms with Gasteiger partial charge in [-0.2, -0.15) is 4.98 Å². The maximum absolute atomic E-state index is 12.6. The Hall–Kier alpha value is -1.39. The van der Waals surface area contributed by atoms with E-state index < -0.39 is 0 Å². The monoisotopic (exact) mass is 265 g/mol. The summed E-state index contributed by atoms with van der Waals surface area (Å²) < 4.78 is 5.18. The standard InChI is InChI=1S/C14H23N3O2/c1-3-4-10-17(14-15-11(2)16-19-14)13(18)12-8-6-5-7-9-12/h12H,3-10H2,1-2H3. The van der Waals surface area contributed by atoms with Crippen molar-refractivity contribution in [2.45, 2.75) is 58.8 Å². The van der Waals surface area contributed by atoms with Crippen LogP contribution in [0.2, 0.25) is 0 Å². The highest BCUT2D eigenvalue weighted by Gasteiger charge is 2.29. The van der Waals surface area contributed by atoms with Crippen LogP contribution in [0.15, 0.2) is 4.52 Å². The van der Waals surface area contributed by atoms with Gasteiger partial charge in [-0.05, 0) is 26.2 Å². The predicted molar refractivity (Wildman–Crippen MR) is 72.9 cm³/mol. The van der Waals surface area contributed by atoms with Gasteiger partial charge in [0.25, 0.3) is 0 Å². The molecule has 0 aromatic carbocycles. The van der Waals surface area contributed by atoms with Crippen LogP contribution in [0, 0.1) is 12.8 Å². The van der Waals surface area contributed by atoms with E-state index in [1.54, 1.807) is 11.8 Å². The lowest BCUT2D eigenvalue weighted by Gasteiger charge is -2.26. The molecule has 1 amide bonds. The lowest BCUT2D eigenvalue weighted by atomic mass is 9.88. The quantitative estimate of drug-likeness (QED) is 0.820. The molecule has 2 rings (SSSR count). The first-order chi connectivity index (χ1) is 9.22. The van der Waals surface area contributed by atoms with E-state index >= 15 is 0 Å². The van der Waals surface area contributed by atoms with Crippen LogP contribution in [0.3, 0.4) is 0 Å². The number of nitrogens with zero attached hydrogens (tertiary/aromatic N) is 3. The van der Waals surface area contributed by atoms with E-state index in [-0.39, 0.29) is 11.8 Å². The van der Waals surface area contributed by atoms with Gasteiger partial charge in [0, 0.05) is 12.5 Å². The van der Waals surface area contributed by atoms with E-state index in [0.717, 1.165) is 38.5 Å². The average Bonchev–Trinajstić information content (AvgIpc) is 2.86. The smallest absolute Gasteiger partial charge is 0.315 e. The third-order valence-corrected chi connectivity index (χ3v) is 3.70. The molecule has 0 saturated heterocycles. The van der Waals surface area contributed by atoms with Crippen molar-refractivity contribution >= 4 is 11.9 Å². The number of aromatic nitrogens is 2. The molecule has 1 heterocycles. The first-order valence-corrected chi connectivity index (χ1v) is 7.34. The summed E-state index contributed by atoms with van der Waals surface area (Å²) in [7, 11) is 0. The lowest BCUT2D eigenvalue weighted by Crippen LogP contribution is -2.38. The van der Waals surface area contributed by atoms with Crippen LogP contribution >= 0.6 is 0 Å². The number of carbonyl (C=O) groups is 1. The zero-order valence-electron chi connectivity index (χ0n) is 11.9. The number of amides is 1. The molecule has 0 bridgehead atoms. The van der Waals surface area contributed by atoms with Gasteiger partial charge >= 0.3 is 6.01 Å². The first kappa shape index (κ1) is 14.0. The van der Waals surface area contributed by atoms with Crippen molar-refractivity contribution in [3.63, 3.8) is 0 Å². The Morgan fingerprint density at radius 2 is 2.11 bits per heavy atom. The Bertz CT molecular complexity index is 411. The van der Waals surface area contributed by atoms with Crippen LogP contribution < -0.4 is 4.90 Å². The second-order valence-corrected chi connectivity index (χ2v) is 5.30. The van der Waals surface area contributed by atoms with Crippen molar-refractivity contribution in [3.05, 3.63) is 5.82 Å². The van der Waals surface area contributed by atoms with Gasteiger partial charge in [0.2, 0.25) is 5.91 Å². The number of unbranched alkanes of at least 4 members (excludes halogenated alkanes) is 1. The highest BCUT2D eigenvalue weighted by molar-refractivity contribution is 5.93. The summed E-state index contributed by atoms with van der Waals surface area (Å²) in [6.45, 7) is 4.56. The van der Waals surface area contributed by atoms with Crippen molar-refractivity contribution in [2.75, 3.05) is 11.4 Å². The number of rotatable bonds is 5. The molecule has 0 radical (unpaired) electrons. The van der Waals surface area contributed by atoms with E-state index in [2.05, 4.69) is 17.1 Å². The van der Waals surface area contributed by atoms with E-state index in [9.17, 15) is 4.79 Å². The highest BCUT2D eigenvalue weighted by Crippen LogP contribution is 2.27. The Morgan fingerprint density at radius 1 is 1.37 bits per heavy atom. The fourth-order valence-corrected chi connectivity index (χ4v) is 2.58. The summed E-state index contributed by atoms with van der Waals surface area (Å²) in [4.78, 5) is 18.5. The van der Waals surface area contributed by atoms with Crippen molar-refractivity contribution in [1.29, 1.82) is 0 Å². The predicted octanol–water partition coefficient (Wildman–Crippen LogP) is 3.09. The fraction of sp³-hybridized carbons (Fsp3) is 0.786. The molecule has 0 unspecified atom stereocenters. The summed E-state index contributed by atoms with van der Waals surface area (Å²) in [6, 6.07) is 0.363. The molecule has 5 heteroatoms. The van der Waals surface area contributed by atoms with Crippen LogP contribution in [0.25, 0.3) is 0 Å². The number of carbonyl (C=O) groups excluding carboxylic acids is 1. The molecule has 0 atom stereocenters. The number of hydrogen-bond acceptors (Lipinski definition) is 4. The molecule has 1 aliphatic rings. The lowest BCUT2D eigenvalue weighted by molar-refractivity contribution is -0.123. The number of aryl methyl sites for hydroxylation is 1. The normalized spacial score (nSPS) is 16.5. The van der Waals surface area contributed by atoms with E-state index in [4.69, 9.17) is 4.52 Å². The van der Waals surface area contributed by atoms with Gasteiger partial charge in [-0.3, -0.25) is 9.69 Å². The minimum Gasteiger partial charge on any atom is -0.315 e. The van der Waals surface area contributed by atoms with Crippen LogP contribution in [0.4, 0.5) is 6.01 Å². The molecule has 1 aromatic rings. The molecule has 1 saturated carbocycles. The van der Waals surface area contributed by atoms with Crippen molar-refractivity contribution in [1.82, 2.24) is 10.1 Å². The van der Waals surface area contributed by atoms with Crippen LogP contribution in [-0.2, 0) is 4.79 Å². The number of hydrogen-bond donors (Lipinski definition) is 0. The summed E-state index contributed by atoms with van der Waals surface area (Å²) in [5.41, 5.74) is 0. The summed E-state index contributed by atoms with van der Waals surface area (Å²) in [6.07, 6.45) is 7.55. The Balaban J connectivity index is 2.09. The maximum Gasteiger partial charge on any atom is 0.330 e. The Morgan fingerprint density at radius 3 is 2.68 bits per heavy atom. The molecule has 1 aliphatic carbocycles. The van der Waals surface area contributed by atoms with Crippen LogP contribution in [0.1, 0.15) is 57.7 Å². The molecule has 5 nitrogen and oxygen atoms in total. The summed E-state index contributed by atoms with van der Waals surface area (Å²) in [5, 5.41) is 3.79. The number of anilines is 1. The first-order valence-electron chi connectivity index (χ1n) is 7.34. The van der Waals surface area contributed by atoms with Crippen LogP contribution in [0.5, 0.6) is 0 Å². The van der Waals surface area contributed by atoms with Crippen molar-refractivity contribution in [3.8, 4) is 0 Å². The zero-order chi connectivity index (χ0) is 13.7. The molecule has 19 heavy (non-hydrogen) atoms. The van der Waals surface area contributed by atoms with E-state index in [1.807, 2.05) is 0 Å². The van der Waals surface area contributed by atoms with Gasteiger partial charge in [0.05, 0.1) is 0 Å². The minimum atomic E-state index is 0.137. The molecule has 0 spiro atoms. The van der Waals surface area contributed by atoms with Crippen molar-refractivity contribution < 1.29 is 9.32 Å². The van der Waals surface area contributed by atoms with Gasteiger partial charge < -0.3 is 4.52 Å². The maximum atomic E-state index is 12.6. The van der Waals surface area contributed by atoms with Crippen LogP contribution in [-0.4, -0.2) is 22.6 Å². The minimum absolute atomic E-state index is 0.137. The topological polar surface area (TPSA) is 59.2 Å². The second-order valence-electron chi connectivity index (χ2n) is 5.30. The molecular weight excluding hydrogens is 242 g/mol. The third-order valence-electron chi connectivity index (χ3n) is 3.70. The Kier molecular flexibility index (Phi) is 4.93. The molecular formula is C14H23N3O2. The van der Waals surface area contributed by atoms with Gasteiger partial charge in [0.1, 0.15) is 0 Å². The third kappa shape index (κ3) is 3.55. The largest absolute Gasteiger partial charge is 0.330 e. The average molecular weight is 265 g/mol. The summed E-state index contributed by atoms with van der Waals surface area (Å²) >= 11 is 0. The molecule has 1 aromatic heterocycles. The second kappa shape index (κ2) is 6.68. The van der Waals surface area contributed by atoms with Crippen molar-refractivity contribution in [2.24, 2.45) is 5.92 Å². The van der Waals surface area contributed by atoms with E-state index in [0.29, 0.717) is 18.4 Å². The molecule has 106 valence electrons. The molecule has 1 fully saturated rings. The SMILES string of the molecule is CCCCN(C(=O)C1CCCCC1)c1nc(C)no1.